The second-order valence-corrected chi connectivity index (χ2v) is 1.90. The minimum Gasteiger partial charge on any atom is -0.285 e. The van der Waals surface area contributed by atoms with Crippen LogP contribution in [-0.4, -0.2) is 12.3 Å². The molecule has 1 fully saturated rings. The van der Waals surface area contributed by atoms with Gasteiger partial charge in [-0.15, -0.1) is 0 Å². The van der Waals surface area contributed by atoms with Crippen molar-refractivity contribution in [1.29, 1.82) is 0 Å². The Kier molecular flexibility index (Phi) is 1.27. The van der Waals surface area contributed by atoms with Crippen LogP contribution < -0.4 is 16.2 Å². The molecule has 0 bridgehead atoms. The van der Waals surface area contributed by atoms with Gasteiger partial charge in [-0.1, -0.05) is 0 Å². The van der Waals surface area contributed by atoms with Crippen LogP contribution in [0.15, 0.2) is 0 Å². The van der Waals surface area contributed by atoms with Crippen LogP contribution in [0.4, 0.5) is 0 Å². The monoisotopic (exact) mass is 101 g/mol. The van der Waals surface area contributed by atoms with Crippen molar-refractivity contribution in [2.24, 2.45) is 0 Å². The summed E-state index contributed by atoms with van der Waals surface area (Å²) in [5.74, 6) is 0. The van der Waals surface area contributed by atoms with Crippen LogP contribution in [0.5, 0.6) is 0 Å². The van der Waals surface area contributed by atoms with E-state index in [1.54, 1.807) is 0 Å². The predicted molar refractivity (Wildman–Crippen MR) is 28.3 cm³/mol. The highest BCUT2D eigenvalue weighted by atomic mass is 15.5. The van der Waals surface area contributed by atoms with Gasteiger partial charge in [-0.2, -0.15) is 0 Å². The van der Waals surface area contributed by atoms with E-state index in [-0.39, 0.29) is 0 Å². The van der Waals surface area contributed by atoms with Crippen molar-refractivity contribution in [2.75, 3.05) is 0 Å². The van der Waals surface area contributed by atoms with Gasteiger partial charge in [0.05, 0.1) is 12.3 Å². The molecule has 1 aliphatic heterocycles. The van der Waals surface area contributed by atoms with Crippen molar-refractivity contribution in [3.8, 4) is 0 Å². The molecule has 1 aliphatic rings. The average Bonchev–Trinajstić information content (AvgIpc) is 1.87. The van der Waals surface area contributed by atoms with Crippen LogP contribution in [0.1, 0.15) is 13.8 Å². The molecule has 0 radical (unpaired) electrons. The number of nitrogens with one attached hydrogen (secondary N) is 3. The molecular weight excluding hydrogens is 90.1 g/mol. The summed E-state index contributed by atoms with van der Waals surface area (Å²) in [5, 5.41) is 3.19. The summed E-state index contributed by atoms with van der Waals surface area (Å²) in [5.41, 5.74) is 6.02. The normalized spacial score (nSPS) is 42.0. The van der Waals surface area contributed by atoms with Crippen molar-refractivity contribution >= 4 is 0 Å². The van der Waals surface area contributed by atoms with Gasteiger partial charge in [0, 0.05) is 0 Å². The van der Waals surface area contributed by atoms with Crippen LogP contribution in [0.3, 0.4) is 0 Å². The van der Waals surface area contributed by atoms with Gasteiger partial charge in [0.15, 0.2) is 0 Å². The first-order valence-electron chi connectivity index (χ1n) is 2.56. The molecule has 42 valence electrons. The zero-order valence-corrected chi connectivity index (χ0v) is 4.65. The van der Waals surface area contributed by atoms with E-state index in [0.29, 0.717) is 12.3 Å². The molecule has 7 heavy (non-hydrogen) atoms. The molecule has 0 saturated carbocycles. The molecule has 2 atom stereocenters. The summed E-state index contributed by atoms with van der Waals surface area (Å²) in [7, 11) is 0. The average molecular weight is 101 g/mol. The van der Waals surface area contributed by atoms with Crippen molar-refractivity contribution in [3.05, 3.63) is 0 Å². The molecule has 0 aromatic carbocycles. The lowest BCUT2D eigenvalue weighted by Crippen LogP contribution is -2.30. The van der Waals surface area contributed by atoms with Crippen LogP contribution in [0.2, 0.25) is 0 Å². The molecule has 0 aliphatic carbocycles. The van der Waals surface area contributed by atoms with Crippen LogP contribution >= 0.6 is 0 Å². The van der Waals surface area contributed by atoms with E-state index in [9.17, 15) is 0 Å². The lowest BCUT2D eigenvalue weighted by atomic mass is 10.5. The molecular formula is C4H11N3. The fraction of sp³-hybridized carbons (Fsp3) is 1.00. The molecule has 0 aromatic heterocycles. The largest absolute Gasteiger partial charge is 0.285 e. The van der Waals surface area contributed by atoms with E-state index in [1.807, 2.05) is 0 Å². The van der Waals surface area contributed by atoms with Gasteiger partial charge in [0.2, 0.25) is 0 Å². The molecule has 3 N–H and O–H groups in total. The minimum atomic E-state index is 0.412. The maximum absolute atomic E-state index is 3.19. The SMILES string of the molecule is CC1NNC(C)N1. The zero-order chi connectivity index (χ0) is 5.28. The first kappa shape index (κ1) is 5.03. The van der Waals surface area contributed by atoms with Crippen molar-refractivity contribution < 1.29 is 0 Å². The molecule has 1 saturated heterocycles. The Balaban J connectivity index is 2.26. The van der Waals surface area contributed by atoms with E-state index >= 15 is 0 Å². The third-order valence-electron chi connectivity index (χ3n) is 1.02. The third kappa shape index (κ3) is 1.12. The maximum atomic E-state index is 3.19. The molecule has 1 heterocycles. The Labute approximate surface area is 43.4 Å². The molecule has 2 unspecified atom stereocenters. The Bertz CT molecular complexity index is 56.0. The minimum absolute atomic E-state index is 0.412. The van der Waals surface area contributed by atoms with Crippen molar-refractivity contribution in [2.45, 2.75) is 26.2 Å². The molecule has 3 heteroatoms. The van der Waals surface area contributed by atoms with Gasteiger partial charge < -0.3 is 0 Å². The zero-order valence-electron chi connectivity index (χ0n) is 4.65. The lowest BCUT2D eigenvalue weighted by molar-refractivity contribution is 0.567. The molecule has 0 amide bonds. The van der Waals surface area contributed by atoms with E-state index in [2.05, 4.69) is 30.0 Å². The van der Waals surface area contributed by atoms with Crippen LogP contribution in [-0.2, 0) is 0 Å². The van der Waals surface area contributed by atoms with Crippen LogP contribution in [0, 0.1) is 0 Å². The molecule has 3 nitrogen and oxygen atoms in total. The first-order valence-corrected chi connectivity index (χ1v) is 2.56. The highest BCUT2D eigenvalue weighted by Crippen LogP contribution is 1.83. The van der Waals surface area contributed by atoms with Crippen molar-refractivity contribution in [1.82, 2.24) is 16.2 Å². The van der Waals surface area contributed by atoms with Gasteiger partial charge in [-0.25, -0.2) is 10.9 Å². The first-order chi connectivity index (χ1) is 3.29. The van der Waals surface area contributed by atoms with E-state index < -0.39 is 0 Å². The quantitative estimate of drug-likeness (QED) is 0.380. The van der Waals surface area contributed by atoms with E-state index in [0.717, 1.165) is 0 Å². The van der Waals surface area contributed by atoms with Crippen LogP contribution in [0.25, 0.3) is 0 Å². The Morgan fingerprint density at radius 1 is 1.00 bits per heavy atom. The summed E-state index contributed by atoms with van der Waals surface area (Å²) in [6, 6.07) is 0. The lowest BCUT2D eigenvalue weighted by Gasteiger charge is -1.98. The second kappa shape index (κ2) is 1.78. The van der Waals surface area contributed by atoms with Gasteiger partial charge in [0.25, 0.3) is 0 Å². The van der Waals surface area contributed by atoms with E-state index in [4.69, 9.17) is 0 Å². The predicted octanol–water partition coefficient (Wildman–Crippen LogP) is -0.624. The number of hydrogen-bond donors (Lipinski definition) is 3. The molecule has 0 spiro atoms. The van der Waals surface area contributed by atoms with Gasteiger partial charge >= 0.3 is 0 Å². The summed E-state index contributed by atoms with van der Waals surface area (Å²) in [4.78, 5) is 0. The van der Waals surface area contributed by atoms with Gasteiger partial charge in [0.1, 0.15) is 0 Å². The topological polar surface area (TPSA) is 36.1 Å². The summed E-state index contributed by atoms with van der Waals surface area (Å²) >= 11 is 0. The highest BCUT2D eigenvalue weighted by Gasteiger charge is 2.11. The van der Waals surface area contributed by atoms with Gasteiger partial charge in [-0.3, -0.25) is 5.32 Å². The van der Waals surface area contributed by atoms with Crippen molar-refractivity contribution in [3.63, 3.8) is 0 Å². The number of rotatable bonds is 0. The molecule has 1 rings (SSSR count). The Morgan fingerprint density at radius 3 is 1.57 bits per heavy atom. The Hall–Kier alpha value is -0.120. The fourth-order valence-electron chi connectivity index (χ4n) is 0.708. The summed E-state index contributed by atoms with van der Waals surface area (Å²) < 4.78 is 0. The second-order valence-electron chi connectivity index (χ2n) is 1.90. The number of hydrazine groups is 1. The van der Waals surface area contributed by atoms with E-state index in [1.165, 1.54) is 0 Å². The standard InChI is InChI=1S/C4H11N3/c1-3-5-4(2)7-6-3/h3-7H,1-2H3. The highest BCUT2D eigenvalue weighted by molar-refractivity contribution is 4.67. The van der Waals surface area contributed by atoms with Gasteiger partial charge in [-0.05, 0) is 13.8 Å². The Morgan fingerprint density at radius 2 is 1.43 bits per heavy atom. The summed E-state index contributed by atoms with van der Waals surface area (Å²) in [6.07, 6.45) is 0.824. The maximum Gasteiger partial charge on any atom is 0.0688 e. The number of hydrogen-bond acceptors (Lipinski definition) is 3. The fourth-order valence-corrected chi connectivity index (χ4v) is 0.708. The summed E-state index contributed by atoms with van der Waals surface area (Å²) in [6.45, 7) is 4.13. The third-order valence-corrected chi connectivity index (χ3v) is 1.02. The smallest absolute Gasteiger partial charge is 0.0688 e. The molecule has 0 aromatic rings.